The number of ketones is 1. The van der Waals surface area contributed by atoms with Crippen molar-refractivity contribution in [1.29, 1.82) is 0 Å². The molecule has 1 fully saturated rings. The van der Waals surface area contributed by atoms with E-state index in [1.165, 1.54) is 13.0 Å². The van der Waals surface area contributed by atoms with Crippen LogP contribution in [0, 0.1) is 5.82 Å². The fourth-order valence-electron chi connectivity index (χ4n) is 2.70. The first-order chi connectivity index (χ1) is 9.36. The third kappa shape index (κ3) is 3.52. The van der Waals surface area contributed by atoms with E-state index in [9.17, 15) is 14.3 Å². The quantitative estimate of drug-likeness (QED) is 0.871. The minimum atomic E-state index is -0.476. The fourth-order valence-corrected chi connectivity index (χ4v) is 4.09. The van der Waals surface area contributed by atoms with Gasteiger partial charge in [-0.25, -0.2) is 4.39 Å². The van der Waals surface area contributed by atoms with Crippen molar-refractivity contribution >= 4 is 17.5 Å². The van der Waals surface area contributed by atoms with Crippen molar-refractivity contribution in [2.75, 3.05) is 13.1 Å². The van der Waals surface area contributed by atoms with Gasteiger partial charge in [0.2, 0.25) is 0 Å². The number of Topliss-reactive ketones (excluding diaryl/α,β-unsaturated/α-hetero) is 1. The molecule has 1 saturated heterocycles. The Morgan fingerprint density at radius 1 is 1.40 bits per heavy atom. The summed E-state index contributed by atoms with van der Waals surface area (Å²) in [6.07, 6.45) is 0. The van der Waals surface area contributed by atoms with Crippen molar-refractivity contribution in [3.05, 3.63) is 29.1 Å². The van der Waals surface area contributed by atoms with E-state index in [1.54, 1.807) is 0 Å². The molecule has 3 nitrogen and oxygen atoms in total. The Morgan fingerprint density at radius 3 is 2.55 bits per heavy atom. The average molecular weight is 297 g/mol. The van der Waals surface area contributed by atoms with Crippen LogP contribution in [0.2, 0.25) is 0 Å². The molecular formula is C15H20FNO2S. The number of thioether (sulfide) groups is 1. The summed E-state index contributed by atoms with van der Waals surface area (Å²) < 4.78 is 13.6. The maximum absolute atomic E-state index is 13.6. The van der Waals surface area contributed by atoms with E-state index < -0.39 is 5.82 Å². The number of rotatable bonds is 3. The van der Waals surface area contributed by atoms with E-state index in [-0.39, 0.29) is 17.1 Å². The second kappa shape index (κ2) is 6.14. The summed E-state index contributed by atoms with van der Waals surface area (Å²) in [6.45, 7) is 7.94. The number of benzene rings is 1. The third-order valence-electron chi connectivity index (χ3n) is 3.42. The average Bonchev–Trinajstić information content (AvgIpc) is 2.31. The first-order valence-corrected chi connectivity index (χ1v) is 7.71. The number of halogens is 1. The molecule has 1 aliphatic rings. The molecule has 2 atom stereocenters. The smallest absolute Gasteiger partial charge is 0.163 e. The summed E-state index contributed by atoms with van der Waals surface area (Å²) in [5.74, 6) is -0.882. The lowest BCUT2D eigenvalue weighted by Crippen LogP contribution is -2.39. The maximum Gasteiger partial charge on any atom is 0.163 e. The third-order valence-corrected chi connectivity index (χ3v) is 4.65. The van der Waals surface area contributed by atoms with Gasteiger partial charge in [0.05, 0.1) is 5.56 Å². The molecule has 0 radical (unpaired) electrons. The van der Waals surface area contributed by atoms with Gasteiger partial charge in [-0.1, -0.05) is 13.8 Å². The SMILES string of the molecule is CC(=O)c1cc(F)cc(CN2CC(C)SC(C)C2)c1O. The molecular weight excluding hydrogens is 277 g/mol. The predicted octanol–water partition coefficient (Wildman–Crippen LogP) is 3.06. The Labute approximate surface area is 123 Å². The molecule has 0 bridgehead atoms. The standard InChI is InChI=1S/C15H20FNO2S/c1-9-6-17(7-10(2)20-9)8-12-4-13(16)5-14(11(3)18)15(12)19/h4-5,9-10,19H,6-8H2,1-3H3. The van der Waals surface area contributed by atoms with Crippen LogP contribution in [0.4, 0.5) is 4.39 Å². The molecule has 1 aromatic carbocycles. The lowest BCUT2D eigenvalue weighted by atomic mass is 10.0. The van der Waals surface area contributed by atoms with Gasteiger partial charge in [0, 0.05) is 35.7 Å². The summed E-state index contributed by atoms with van der Waals surface area (Å²) in [5.41, 5.74) is 0.550. The first-order valence-electron chi connectivity index (χ1n) is 6.77. The van der Waals surface area contributed by atoms with E-state index in [2.05, 4.69) is 18.7 Å². The van der Waals surface area contributed by atoms with Gasteiger partial charge < -0.3 is 5.11 Å². The summed E-state index contributed by atoms with van der Waals surface area (Å²) in [4.78, 5) is 13.6. The molecule has 0 amide bonds. The van der Waals surface area contributed by atoms with Gasteiger partial charge in [0.15, 0.2) is 5.78 Å². The molecule has 0 spiro atoms. The minimum Gasteiger partial charge on any atom is -0.507 e. The Hall–Kier alpha value is -1.07. The zero-order chi connectivity index (χ0) is 14.9. The highest BCUT2D eigenvalue weighted by Crippen LogP contribution is 2.29. The van der Waals surface area contributed by atoms with Crippen LogP contribution in [0.1, 0.15) is 36.7 Å². The normalized spacial score (nSPS) is 23.8. The topological polar surface area (TPSA) is 40.5 Å². The summed E-state index contributed by atoms with van der Waals surface area (Å²) >= 11 is 1.94. The van der Waals surface area contributed by atoms with Crippen molar-refractivity contribution in [1.82, 2.24) is 4.90 Å². The Balaban J connectivity index is 2.23. The first kappa shape index (κ1) is 15.3. The van der Waals surface area contributed by atoms with E-state index in [0.29, 0.717) is 22.6 Å². The van der Waals surface area contributed by atoms with Gasteiger partial charge in [-0.05, 0) is 19.1 Å². The zero-order valence-electron chi connectivity index (χ0n) is 12.0. The molecule has 5 heteroatoms. The second-order valence-corrected chi connectivity index (χ2v) is 7.35. The molecule has 1 aliphatic heterocycles. The van der Waals surface area contributed by atoms with Crippen LogP contribution in [0.15, 0.2) is 12.1 Å². The Bertz CT molecular complexity index is 511. The van der Waals surface area contributed by atoms with Crippen LogP contribution in [-0.4, -0.2) is 39.4 Å². The van der Waals surface area contributed by atoms with Crippen molar-refractivity contribution < 1.29 is 14.3 Å². The number of nitrogens with zero attached hydrogens (tertiary/aromatic N) is 1. The number of phenolic OH excluding ortho intramolecular Hbond substituents is 1. The van der Waals surface area contributed by atoms with Crippen LogP contribution < -0.4 is 0 Å². The molecule has 1 heterocycles. The Morgan fingerprint density at radius 2 is 2.00 bits per heavy atom. The van der Waals surface area contributed by atoms with Crippen LogP contribution >= 0.6 is 11.8 Å². The van der Waals surface area contributed by atoms with Gasteiger partial charge >= 0.3 is 0 Å². The van der Waals surface area contributed by atoms with Crippen molar-refractivity contribution in [3.8, 4) is 5.75 Å². The molecule has 0 aromatic heterocycles. The van der Waals surface area contributed by atoms with Gasteiger partial charge in [0.25, 0.3) is 0 Å². The maximum atomic E-state index is 13.6. The minimum absolute atomic E-state index is 0.0625. The van der Waals surface area contributed by atoms with Gasteiger partial charge in [-0.2, -0.15) is 11.8 Å². The highest BCUT2D eigenvalue weighted by Gasteiger charge is 2.24. The lowest BCUT2D eigenvalue weighted by Gasteiger charge is -2.34. The second-order valence-electron chi connectivity index (χ2n) is 5.47. The largest absolute Gasteiger partial charge is 0.507 e. The predicted molar refractivity (Wildman–Crippen MR) is 79.9 cm³/mol. The molecule has 1 N–H and O–H groups in total. The molecule has 110 valence electrons. The van der Waals surface area contributed by atoms with Gasteiger partial charge in [0.1, 0.15) is 11.6 Å². The summed E-state index contributed by atoms with van der Waals surface area (Å²) in [7, 11) is 0. The van der Waals surface area contributed by atoms with E-state index >= 15 is 0 Å². The number of phenols is 1. The number of hydrogen-bond acceptors (Lipinski definition) is 4. The molecule has 0 aliphatic carbocycles. The summed E-state index contributed by atoms with van der Waals surface area (Å²) in [5, 5.41) is 11.2. The van der Waals surface area contributed by atoms with Crippen LogP contribution in [0.25, 0.3) is 0 Å². The molecule has 20 heavy (non-hydrogen) atoms. The Kier molecular flexibility index (Phi) is 4.70. The van der Waals surface area contributed by atoms with Crippen LogP contribution in [-0.2, 0) is 6.54 Å². The van der Waals surface area contributed by atoms with Crippen molar-refractivity contribution in [2.45, 2.75) is 37.8 Å². The van der Waals surface area contributed by atoms with Crippen molar-refractivity contribution in [3.63, 3.8) is 0 Å². The molecule has 2 unspecified atom stereocenters. The number of aromatic hydroxyl groups is 1. The highest BCUT2D eigenvalue weighted by molar-refractivity contribution is 8.00. The van der Waals surface area contributed by atoms with Gasteiger partial charge in [-0.15, -0.1) is 0 Å². The molecule has 2 rings (SSSR count). The van der Waals surface area contributed by atoms with E-state index in [4.69, 9.17) is 0 Å². The number of hydrogen-bond donors (Lipinski definition) is 1. The highest BCUT2D eigenvalue weighted by atomic mass is 32.2. The fraction of sp³-hybridized carbons (Fsp3) is 0.533. The van der Waals surface area contributed by atoms with Gasteiger partial charge in [-0.3, -0.25) is 9.69 Å². The lowest BCUT2D eigenvalue weighted by molar-refractivity contribution is 0.101. The van der Waals surface area contributed by atoms with Crippen LogP contribution in [0.3, 0.4) is 0 Å². The monoisotopic (exact) mass is 297 g/mol. The van der Waals surface area contributed by atoms with Crippen LogP contribution in [0.5, 0.6) is 5.75 Å². The summed E-state index contributed by atoms with van der Waals surface area (Å²) in [6, 6.07) is 2.41. The number of carbonyl (C=O) groups is 1. The number of carbonyl (C=O) groups excluding carboxylic acids is 1. The van der Waals surface area contributed by atoms with E-state index in [0.717, 1.165) is 19.2 Å². The molecule has 1 aromatic rings. The van der Waals surface area contributed by atoms with E-state index in [1.807, 2.05) is 11.8 Å². The molecule has 0 saturated carbocycles. The van der Waals surface area contributed by atoms with Crippen molar-refractivity contribution in [2.24, 2.45) is 0 Å². The zero-order valence-corrected chi connectivity index (χ0v) is 12.8.